The molecule has 0 spiro atoms. The molecule has 152 valence electrons. The second-order valence-electron chi connectivity index (χ2n) is 8.08. The fourth-order valence-corrected chi connectivity index (χ4v) is 3.51. The van der Waals surface area contributed by atoms with E-state index < -0.39 is 5.60 Å². The van der Waals surface area contributed by atoms with Crippen molar-refractivity contribution >= 4 is 28.7 Å². The van der Waals surface area contributed by atoms with Crippen molar-refractivity contribution in [3.63, 3.8) is 0 Å². The maximum atomic E-state index is 12.1. The molecule has 1 amide bonds. The summed E-state index contributed by atoms with van der Waals surface area (Å²) in [7, 11) is 0. The molecule has 2 heterocycles. The monoisotopic (exact) mass is 415 g/mol. The number of aromatic amines is 2. The highest BCUT2D eigenvalue weighted by atomic mass is 35.5. The minimum absolute atomic E-state index is 0.143. The van der Waals surface area contributed by atoms with Crippen LogP contribution in [0.25, 0.3) is 22.2 Å². The Morgan fingerprint density at radius 1 is 1.14 bits per heavy atom. The first-order valence-electron chi connectivity index (χ1n) is 9.35. The second kappa shape index (κ2) is 7.15. The Kier molecular flexibility index (Phi) is 4.78. The first kappa shape index (κ1) is 19.4. The molecule has 2 N–H and O–H groups in total. The maximum absolute atomic E-state index is 12.1. The normalized spacial score (nSPS) is 14.7. The topological polar surface area (TPSA) is 87.4 Å². The molecule has 0 radical (unpaired) electrons. The number of carbonyl (C=O) groups excluding carboxylic acids is 1. The molecule has 0 bridgehead atoms. The van der Waals surface area contributed by atoms with Gasteiger partial charge in [0.2, 0.25) is 0 Å². The van der Waals surface area contributed by atoms with Crippen molar-refractivity contribution in [2.75, 3.05) is 13.1 Å². The second-order valence-corrected chi connectivity index (χ2v) is 8.48. The van der Waals surface area contributed by atoms with Gasteiger partial charge in [0, 0.05) is 5.56 Å². The zero-order valence-corrected chi connectivity index (χ0v) is 17.2. The summed E-state index contributed by atoms with van der Waals surface area (Å²) in [6, 6.07) is 11.0. The first-order chi connectivity index (χ1) is 13.7. The summed E-state index contributed by atoms with van der Waals surface area (Å²) in [5.74, 6) is 0.628. The fraction of sp³-hybridized carbons (Fsp3) is 0.333. The van der Waals surface area contributed by atoms with E-state index in [1.54, 1.807) is 11.0 Å². The van der Waals surface area contributed by atoms with Crippen molar-refractivity contribution in [3.05, 3.63) is 51.9 Å². The lowest BCUT2D eigenvalue weighted by Crippen LogP contribution is -2.57. The molecular formula is C21H22ClN3O4. The van der Waals surface area contributed by atoms with Gasteiger partial charge in [-0.25, -0.2) is 9.59 Å². The third kappa shape index (κ3) is 4.10. The number of amides is 1. The minimum Gasteiger partial charge on any atom is -0.486 e. The van der Waals surface area contributed by atoms with Crippen LogP contribution in [0.1, 0.15) is 20.8 Å². The molecule has 29 heavy (non-hydrogen) atoms. The van der Waals surface area contributed by atoms with E-state index in [9.17, 15) is 9.59 Å². The van der Waals surface area contributed by atoms with Gasteiger partial charge in [-0.15, -0.1) is 0 Å². The Hall–Kier alpha value is -2.93. The number of aromatic nitrogens is 2. The number of nitrogens with zero attached hydrogens (tertiary/aromatic N) is 1. The quantitative estimate of drug-likeness (QED) is 0.671. The van der Waals surface area contributed by atoms with E-state index in [-0.39, 0.29) is 17.9 Å². The van der Waals surface area contributed by atoms with Gasteiger partial charge in [-0.05, 0) is 50.6 Å². The highest BCUT2D eigenvalue weighted by molar-refractivity contribution is 6.33. The molecule has 2 aromatic carbocycles. The van der Waals surface area contributed by atoms with Crippen LogP contribution >= 0.6 is 11.6 Å². The molecule has 1 aromatic heterocycles. The predicted molar refractivity (Wildman–Crippen MR) is 112 cm³/mol. The van der Waals surface area contributed by atoms with Crippen molar-refractivity contribution in [2.24, 2.45) is 0 Å². The van der Waals surface area contributed by atoms with Gasteiger partial charge >= 0.3 is 11.8 Å². The molecule has 1 saturated heterocycles. The molecule has 0 unspecified atom stereocenters. The van der Waals surface area contributed by atoms with E-state index >= 15 is 0 Å². The standard InChI is InChI=1S/C21H22ClN3O4/c1-21(2,3)29-20(27)25-10-13(11-25)28-17-6-4-5-14(22)18(17)12-7-8-15-16(9-12)24-19(26)23-15/h4-9,13H,10-11H2,1-3H3,(H2,23,24,26). The van der Waals surface area contributed by atoms with E-state index in [1.807, 2.05) is 51.1 Å². The smallest absolute Gasteiger partial charge is 0.410 e. The molecule has 4 rings (SSSR count). The van der Waals surface area contributed by atoms with E-state index in [0.717, 1.165) is 16.6 Å². The summed E-state index contributed by atoms with van der Waals surface area (Å²) in [5, 5.41) is 0.544. The lowest BCUT2D eigenvalue weighted by atomic mass is 10.0. The molecule has 1 aliphatic rings. The van der Waals surface area contributed by atoms with Gasteiger partial charge in [-0.2, -0.15) is 0 Å². The molecule has 0 atom stereocenters. The van der Waals surface area contributed by atoms with E-state index in [2.05, 4.69) is 9.97 Å². The predicted octanol–water partition coefficient (Wildman–Crippen LogP) is 4.17. The van der Waals surface area contributed by atoms with Gasteiger partial charge in [-0.3, -0.25) is 0 Å². The van der Waals surface area contributed by atoms with E-state index in [1.165, 1.54) is 0 Å². The molecule has 8 heteroatoms. The van der Waals surface area contributed by atoms with Gasteiger partial charge in [-0.1, -0.05) is 23.7 Å². The summed E-state index contributed by atoms with van der Waals surface area (Å²) < 4.78 is 11.5. The van der Waals surface area contributed by atoms with Crippen LogP contribution in [0.5, 0.6) is 5.75 Å². The van der Waals surface area contributed by atoms with Crippen molar-refractivity contribution in [1.29, 1.82) is 0 Å². The van der Waals surface area contributed by atoms with Gasteiger partial charge in [0.25, 0.3) is 0 Å². The van der Waals surface area contributed by atoms with Gasteiger partial charge in [0.1, 0.15) is 17.5 Å². The number of ether oxygens (including phenoxy) is 2. The van der Waals surface area contributed by atoms with Gasteiger partial charge in [0.15, 0.2) is 0 Å². The van der Waals surface area contributed by atoms with Gasteiger partial charge < -0.3 is 24.3 Å². The Morgan fingerprint density at radius 2 is 1.86 bits per heavy atom. The van der Waals surface area contributed by atoms with Crippen molar-refractivity contribution < 1.29 is 14.3 Å². The largest absolute Gasteiger partial charge is 0.486 e. The van der Waals surface area contributed by atoms with Crippen LogP contribution in [0.15, 0.2) is 41.2 Å². The number of hydrogen-bond acceptors (Lipinski definition) is 4. The van der Waals surface area contributed by atoms with Crippen molar-refractivity contribution in [1.82, 2.24) is 14.9 Å². The summed E-state index contributed by atoms with van der Waals surface area (Å²) in [4.78, 5) is 30.7. The highest BCUT2D eigenvalue weighted by Gasteiger charge is 2.35. The molecule has 7 nitrogen and oxygen atoms in total. The number of likely N-dealkylation sites (tertiary alicyclic amines) is 1. The molecule has 0 aliphatic carbocycles. The fourth-order valence-electron chi connectivity index (χ4n) is 3.24. The molecule has 3 aromatic rings. The Balaban J connectivity index is 1.53. The van der Waals surface area contributed by atoms with E-state index in [4.69, 9.17) is 21.1 Å². The van der Waals surface area contributed by atoms with Crippen LogP contribution in [-0.4, -0.2) is 45.8 Å². The van der Waals surface area contributed by atoms with Crippen LogP contribution in [-0.2, 0) is 4.74 Å². The number of imidazole rings is 1. The summed E-state index contributed by atoms with van der Waals surface area (Å²) in [5.41, 5.74) is 2.20. The lowest BCUT2D eigenvalue weighted by Gasteiger charge is -2.39. The zero-order valence-electron chi connectivity index (χ0n) is 16.4. The van der Waals surface area contributed by atoms with Crippen molar-refractivity contribution in [2.45, 2.75) is 32.5 Å². The van der Waals surface area contributed by atoms with E-state index in [0.29, 0.717) is 29.4 Å². The summed E-state index contributed by atoms with van der Waals surface area (Å²) in [6.07, 6.45) is -0.485. The number of fused-ring (bicyclic) bond motifs is 1. The number of carbonyl (C=O) groups is 1. The molecule has 0 saturated carbocycles. The van der Waals surface area contributed by atoms with Crippen LogP contribution in [0.2, 0.25) is 5.02 Å². The van der Waals surface area contributed by atoms with Crippen LogP contribution < -0.4 is 10.4 Å². The zero-order chi connectivity index (χ0) is 20.8. The Bertz CT molecular complexity index is 1120. The van der Waals surface area contributed by atoms with Crippen LogP contribution in [0.4, 0.5) is 4.79 Å². The first-order valence-corrected chi connectivity index (χ1v) is 9.73. The Labute approximate surface area is 172 Å². The molecular weight excluding hydrogens is 394 g/mol. The van der Waals surface area contributed by atoms with Gasteiger partial charge in [0.05, 0.1) is 29.1 Å². The number of rotatable bonds is 3. The molecule has 1 aliphatic heterocycles. The van der Waals surface area contributed by atoms with Crippen LogP contribution in [0.3, 0.4) is 0 Å². The third-order valence-corrected chi connectivity index (χ3v) is 4.89. The SMILES string of the molecule is CC(C)(C)OC(=O)N1CC(Oc2cccc(Cl)c2-c2ccc3[nH]c(=O)[nH]c3c2)C1. The average Bonchev–Trinajstić information content (AvgIpc) is 2.95. The molecule has 1 fully saturated rings. The third-order valence-electron chi connectivity index (χ3n) is 4.57. The number of H-pyrrole nitrogens is 2. The number of nitrogens with one attached hydrogen (secondary N) is 2. The summed E-state index contributed by atoms with van der Waals surface area (Å²) >= 11 is 6.47. The number of halogens is 1. The highest BCUT2D eigenvalue weighted by Crippen LogP contribution is 2.38. The van der Waals surface area contributed by atoms with Crippen LogP contribution in [0, 0.1) is 0 Å². The minimum atomic E-state index is -0.527. The summed E-state index contributed by atoms with van der Waals surface area (Å²) in [6.45, 7) is 6.42. The lowest BCUT2D eigenvalue weighted by molar-refractivity contribution is -0.0220. The maximum Gasteiger partial charge on any atom is 0.410 e. The average molecular weight is 416 g/mol. The van der Waals surface area contributed by atoms with Crippen molar-refractivity contribution in [3.8, 4) is 16.9 Å². The number of benzene rings is 2. The Morgan fingerprint density at radius 3 is 2.59 bits per heavy atom. The number of hydrogen-bond donors (Lipinski definition) is 2.